The van der Waals surface area contributed by atoms with E-state index in [1.807, 2.05) is 0 Å². The number of amides is 1. The molecule has 8 nitrogen and oxygen atoms in total. The Kier molecular flexibility index (Phi) is 4.75. The maximum Gasteiger partial charge on any atom is 0.492 e. The van der Waals surface area contributed by atoms with Crippen molar-refractivity contribution in [3.8, 4) is 0 Å². The highest BCUT2D eigenvalue weighted by Gasteiger charge is 2.56. The van der Waals surface area contributed by atoms with Crippen LogP contribution in [0.15, 0.2) is 24.3 Å². The van der Waals surface area contributed by atoms with Crippen molar-refractivity contribution in [2.24, 2.45) is 11.6 Å². The first kappa shape index (κ1) is 16.4. The highest BCUT2D eigenvalue weighted by atomic mass is 31.1. The topological polar surface area (TPSA) is 128 Å². The molecule has 0 saturated carbocycles. The molecule has 1 heterocycles. The third-order valence-electron chi connectivity index (χ3n) is 3.49. The number of anilines is 1. The van der Waals surface area contributed by atoms with Crippen molar-refractivity contribution in [3.05, 3.63) is 29.8 Å². The van der Waals surface area contributed by atoms with Gasteiger partial charge in [0.15, 0.2) is 0 Å². The van der Waals surface area contributed by atoms with Crippen LogP contribution in [0.5, 0.6) is 0 Å². The Morgan fingerprint density at radius 2 is 2.05 bits per heavy atom. The Labute approximate surface area is 128 Å². The standard InChI is InChI=1S/C13H17N4O4P/c1-21-11(18)9-3-5-10(6-4-9)16-22(20)13(14)7-2-8-17(15)12(13)19/h3-6H,2,7-8,14-15H2,1H3/p+1/t13-/m0/s1. The number of benzene rings is 1. The van der Waals surface area contributed by atoms with Crippen LogP contribution in [0.4, 0.5) is 5.69 Å². The number of hydrogen-bond acceptors (Lipinski definition) is 6. The van der Waals surface area contributed by atoms with Crippen LogP contribution in [0, 0.1) is 0 Å². The number of carbonyl (C=O) groups is 2. The molecule has 1 saturated heterocycles. The molecule has 22 heavy (non-hydrogen) atoms. The molecule has 1 unspecified atom stereocenters. The Hall–Kier alpha value is -2.02. The van der Waals surface area contributed by atoms with E-state index in [-0.39, 0.29) is 0 Å². The molecule has 0 aliphatic carbocycles. The number of rotatable bonds is 4. The summed E-state index contributed by atoms with van der Waals surface area (Å²) >= 11 is 0. The first-order valence-corrected chi connectivity index (χ1v) is 7.92. The largest absolute Gasteiger partial charge is 0.492 e. The first-order chi connectivity index (χ1) is 10.4. The summed E-state index contributed by atoms with van der Waals surface area (Å²) < 4.78 is 17.0. The molecule has 0 radical (unpaired) electrons. The second-order valence-electron chi connectivity index (χ2n) is 5.00. The van der Waals surface area contributed by atoms with Gasteiger partial charge in [-0.2, -0.15) is 5.09 Å². The molecule has 0 bridgehead atoms. The zero-order chi connectivity index (χ0) is 16.3. The second kappa shape index (κ2) is 6.39. The van der Waals surface area contributed by atoms with Gasteiger partial charge in [-0.05, 0) is 35.3 Å². The fourth-order valence-electron chi connectivity index (χ4n) is 2.18. The zero-order valence-electron chi connectivity index (χ0n) is 12.1. The van der Waals surface area contributed by atoms with Gasteiger partial charge in [-0.1, -0.05) is 0 Å². The van der Waals surface area contributed by atoms with Crippen LogP contribution in [0.2, 0.25) is 0 Å². The van der Waals surface area contributed by atoms with Crippen molar-refractivity contribution < 1.29 is 18.9 Å². The number of esters is 1. The molecular formula is C13H18N4O4P+. The van der Waals surface area contributed by atoms with Gasteiger partial charge < -0.3 is 4.74 Å². The lowest BCUT2D eigenvalue weighted by molar-refractivity contribution is -0.136. The fourth-order valence-corrected chi connectivity index (χ4v) is 3.43. The van der Waals surface area contributed by atoms with E-state index in [1.54, 1.807) is 12.1 Å². The highest BCUT2D eigenvalue weighted by molar-refractivity contribution is 7.49. The predicted octanol–water partition coefficient (Wildman–Crippen LogP) is 0.779. The third kappa shape index (κ3) is 3.09. The molecule has 1 aromatic carbocycles. The maximum atomic E-state index is 12.4. The molecule has 1 aliphatic rings. The summed E-state index contributed by atoms with van der Waals surface area (Å²) in [5.41, 5.74) is 6.85. The summed E-state index contributed by atoms with van der Waals surface area (Å²) in [6, 6.07) is 6.18. The van der Waals surface area contributed by atoms with Gasteiger partial charge in [-0.3, -0.25) is 15.5 Å². The van der Waals surface area contributed by atoms with Gasteiger partial charge in [0.1, 0.15) is 0 Å². The summed E-state index contributed by atoms with van der Waals surface area (Å²) in [7, 11) is -0.973. The van der Waals surface area contributed by atoms with Crippen molar-refractivity contribution >= 4 is 25.5 Å². The molecule has 118 valence electrons. The summed E-state index contributed by atoms with van der Waals surface area (Å²) in [6.45, 7) is 0.398. The monoisotopic (exact) mass is 325 g/mol. The van der Waals surface area contributed by atoms with Gasteiger partial charge >= 0.3 is 25.1 Å². The van der Waals surface area contributed by atoms with Gasteiger partial charge in [-0.25, -0.2) is 10.6 Å². The van der Waals surface area contributed by atoms with E-state index in [9.17, 15) is 14.2 Å². The number of carbonyl (C=O) groups excluding carboxylic acids is 2. The van der Waals surface area contributed by atoms with E-state index in [4.69, 9.17) is 11.6 Å². The summed E-state index contributed by atoms with van der Waals surface area (Å²) in [5.74, 6) is 4.54. The SMILES string of the molecule is COC(=O)c1ccc(N[P+](=O)[C@@]2(N)CCCN(N)C2=O)cc1. The quantitative estimate of drug-likeness (QED) is 0.323. The van der Waals surface area contributed by atoms with E-state index in [2.05, 4.69) is 9.82 Å². The lowest BCUT2D eigenvalue weighted by Crippen LogP contribution is -2.59. The van der Waals surface area contributed by atoms with Crippen molar-refractivity contribution in [1.82, 2.24) is 5.01 Å². The smallest absolute Gasteiger partial charge is 0.465 e. The Morgan fingerprint density at radius 1 is 1.41 bits per heavy atom. The van der Waals surface area contributed by atoms with E-state index in [0.29, 0.717) is 30.6 Å². The number of methoxy groups -OCH3 is 1. The summed E-state index contributed by atoms with van der Waals surface area (Å²) in [4.78, 5) is 23.4. The number of nitrogens with two attached hydrogens (primary N) is 2. The molecule has 1 fully saturated rings. The van der Waals surface area contributed by atoms with Gasteiger partial charge in [-0.15, -0.1) is 0 Å². The lowest BCUT2D eigenvalue weighted by Gasteiger charge is -2.29. The molecule has 5 N–H and O–H groups in total. The summed E-state index contributed by atoms with van der Waals surface area (Å²) in [6.07, 6.45) is 0.880. The maximum absolute atomic E-state index is 12.4. The molecular weight excluding hydrogens is 307 g/mol. The average Bonchev–Trinajstić information content (AvgIpc) is 2.52. The first-order valence-electron chi connectivity index (χ1n) is 6.66. The predicted molar refractivity (Wildman–Crippen MR) is 81.1 cm³/mol. The Bertz CT molecular complexity index is 607. The number of nitrogens with zero attached hydrogens (tertiary/aromatic N) is 1. The van der Waals surface area contributed by atoms with Crippen LogP contribution in [-0.2, 0) is 14.1 Å². The van der Waals surface area contributed by atoms with Crippen LogP contribution in [0.1, 0.15) is 23.2 Å². The van der Waals surface area contributed by atoms with Gasteiger partial charge in [0.2, 0.25) is 0 Å². The van der Waals surface area contributed by atoms with Gasteiger partial charge in [0.05, 0.1) is 18.4 Å². The van der Waals surface area contributed by atoms with Crippen LogP contribution in [-0.4, -0.2) is 35.8 Å². The van der Waals surface area contributed by atoms with E-state index in [0.717, 1.165) is 5.01 Å². The van der Waals surface area contributed by atoms with E-state index < -0.39 is 25.1 Å². The zero-order valence-corrected chi connectivity index (χ0v) is 13.0. The molecule has 9 heteroatoms. The lowest BCUT2D eigenvalue weighted by atomic mass is 10.1. The van der Waals surface area contributed by atoms with Crippen LogP contribution < -0.4 is 16.7 Å². The van der Waals surface area contributed by atoms with Crippen molar-refractivity contribution in [2.75, 3.05) is 18.7 Å². The molecule has 1 aliphatic heterocycles. The normalized spacial score (nSPS) is 22.2. The molecule has 2 atom stereocenters. The number of hydrogen-bond donors (Lipinski definition) is 3. The molecule has 2 rings (SSSR count). The van der Waals surface area contributed by atoms with Crippen molar-refractivity contribution in [3.63, 3.8) is 0 Å². The van der Waals surface area contributed by atoms with Crippen LogP contribution >= 0.6 is 7.95 Å². The van der Waals surface area contributed by atoms with Gasteiger partial charge in [0, 0.05) is 13.0 Å². The van der Waals surface area contributed by atoms with Crippen LogP contribution in [0.3, 0.4) is 0 Å². The minimum Gasteiger partial charge on any atom is -0.465 e. The number of piperidine rings is 1. The molecule has 0 aromatic heterocycles. The van der Waals surface area contributed by atoms with E-state index >= 15 is 0 Å². The fraction of sp³-hybridized carbons (Fsp3) is 0.385. The highest BCUT2D eigenvalue weighted by Crippen LogP contribution is 2.41. The number of hydrazine groups is 1. The molecule has 1 amide bonds. The van der Waals surface area contributed by atoms with Crippen LogP contribution in [0.25, 0.3) is 0 Å². The number of nitrogens with one attached hydrogen (secondary N) is 1. The average molecular weight is 325 g/mol. The van der Waals surface area contributed by atoms with Crippen molar-refractivity contribution in [2.45, 2.75) is 18.1 Å². The second-order valence-corrected chi connectivity index (χ2v) is 6.61. The van der Waals surface area contributed by atoms with E-state index in [1.165, 1.54) is 19.2 Å². The minimum absolute atomic E-state index is 0.294. The van der Waals surface area contributed by atoms with Crippen molar-refractivity contribution in [1.29, 1.82) is 0 Å². The Morgan fingerprint density at radius 3 is 2.64 bits per heavy atom. The molecule has 0 spiro atoms. The minimum atomic E-state index is -2.26. The third-order valence-corrected chi connectivity index (χ3v) is 5.09. The molecule has 1 aromatic rings. The Balaban J connectivity index is 2.11. The van der Waals surface area contributed by atoms with Gasteiger partial charge in [0.25, 0.3) is 0 Å². The number of ether oxygens (including phenoxy) is 1. The summed E-state index contributed by atoms with van der Waals surface area (Å²) in [5, 5.41) is 2.19.